The van der Waals surface area contributed by atoms with E-state index < -0.39 is 11.6 Å². The molecule has 0 spiro atoms. The quantitative estimate of drug-likeness (QED) is 0.192. The van der Waals surface area contributed by atoms with E-state index in [1.54, 1.807) is 25.3 Å². The third-order valence-electron chi connectivity index (χ3n) is 6.58. The zero-order valence-corrected chi connectivity index (χ0v) is 23.8. The van der Waals surface area contributed by atoms with E-state index in [2.05, 4.69) is 11.9 Å². The van der Waals surface area contributed by atoms with Gasteiger partial charge in [-0.1, -0.05) is 47.5 Å². The zero-order chi connectivity index (χ0) is 28.5. The number of methoxy groups -OCH3 is 1. The van der Waals surface area contributed by atoms with Gasteiger partial charge in [0.15, 0.2) is 11.6 Å². The van der Waals surface area contributed by atoms with Gasteiger partial charge in [-0.15, -0.1) is 6.58 Å². The van der Waals surface area contributed by atoms with Gasteiger partial charge in [0.05, 0.1) is 13.7 Å². The molecule has 3 aromatic rings. The minimum Gasteiger partial charge on any atom is -0.497 e. The number of carbonyl (C=O) groups excluding carboxylic acids is 1. The molecule has 40 heavy (non-hydrogen) atoms. The van der Waals surface area contributed by atoms with E-state index in [4.69, 9.17) is 47.5 Å². The number of nitrogens with one attached hydrogen (secondary N) is 1. The maximum absolute atomic E-state index is 13.9. The van der Waals surface area contributed by atoms with Gasteiger partial charge in [-0.25, -0.2) is 4.99 Å². The number of aliphatic hydroxyl groups excluding tert-OH is 1. The van der Waals surface area contributed by atoms with Gasteiger partial charge in [0.25, 0.3) is 5.91 Å². The van der Waals surface area contributed by atoms with Gasteiger partial charge < -0.3 is 24.6 Å². The summed E-state index contributed by atoms with van der Waals surface area (Å²) in [6, 6.07) is 20.0. The van der Waals surface area contributed by atoms with E-state index in [9.17, 15) is 4.79 Å². The van der Waals surface area contributed by atoms with E-state index >= 15 is 0 Å². The minimum atomic E-state index is -1.30. The monoisotopic (exact) mass is 582 g/mol. The van der Waals surface area contributed by atoms with Crippen molar-refractivity contribution in [1.29, 1.82) is 0 Å². The fourth-order valence-corrected chi connectivity index (χ4v) is 5.03. The van der Waals surface area contributed by atoms with Gasteiger partial charge in [-0.2, -0.15) is 0 Å². The first-order valence-corrected chi connectivity index (χ1v) is 13.7. The Morgan fingerprint density at radius 1 is 1.15 bits per heavy atom. The molecule has 2 N–H and O–H groups in total. The van der Waals surface area contributed by atoms with Crippen molar-refractivity contribution in [3.63, 3.8) is 0 Å². The van der Waals surface area contributed by atoms with Crippen LogP contribution in [0.4, 0.5) is 0 Å². The lowest BCUT2D eigenvalue weighted by Crippen LogP contribution is -2.48. The largest absolute Gasteiger partial charge is 0.497 e. The fourth-order valence-electron chi connectivity index (χ4n) is 4.53. The number of amides is 1. The van der Waals surface area contributed by atoms with Crippen LogP contribution in [0.15, 0.2) is 84.4 Å². The normalized spacial score (nSPS) is 18.0. The van der Waals surface area contributed by atoms with Crippen molar-refractivity contribution < 1.29 is 24.1 Å². The van der Waals surface area contributed by atoms with Gasteiger partial charge in [-0.3, -0.25) is 4.79 Å². The van der Waals surface area contributed by atoms with Crippen LogP contribution >= 0.6 is 23.2 Å². The smallest absolute Gasteiger partial charge is 0.252 e. The number of halogens is 2. The number of aliphatic imine (C=N–C) groups is 1. The van der Waals surface area contributed by atoms with Gasteiger partial charge in [0.1, 0.15) is 11.5 Å². The topological polar surface area (TPSA) is 89.4 Å². The summed E-state index contributed by atoms with van der Waals surface area (Å²) in [7, 11) is 1.59. The van der Waals surface area contributed by atoms with Crippen molar-refractivity contribution in [3.8, 4) is 11.5 Å². The van der Waals surface area contributed by atoms with Crippen LogP contribution in [0.1, 0.15) is 35.6 Å². The summed E-state index contributed by atoms with van der Waals surface area (Å²) in [5.74, 6) is 1.36. The highest BCUT2D eigenvalue weighted by atomic mass is 35.5. The van der Waals surface area contributed by atoms with E-state index in [0.29, 0.717) is 59.0 Å². The standard InChI is InChI=1S/C31H32Cl2N2O5/c1-3-15-31(30(37)34-16-14-21-8-11-24(32)20-27(21)33)28(23-6-4-7-26(19-23)38-2)40-29(35-31)22-9-12-25(13-10-22)39-18-5-17-36/h3-4,6-13,19-20,28,36H,1,5,14-18H2,2H3,(H,34,37)/t28-,31-/m1/s1. The second kappa shape index (κ2) is 13.7. The molecule has 1 aliphatic rings. The number of rotatable bonds is 13. The Hall–Kier alpha value is -3.52. The maximum Gasteiger partial charge on any atom is 0.252 e. The summed E-state index contributed by atoms with van der Waals surface area (Å²) in [4.78, 5) is 18.8. The van der Waals surface area contributed by atoms with Gasteiger partial charge in [0.2, 0.25) is 5.90 Å². The predicted octanol–water partition coefficient (Wildman–Crippen LogP) is 5.96. The molecule has 0 fully saturated rings. The van der Waals surface area contributed by atoms with Gasteiger partial charge in [-0.05, 0) is 66.1 Å². The van der Waals surface area contributed by atoms with Crippen LogP contribution in [0.5, 0.6) is 11.5 Å². The lowest BCUT2D eigenvalue weighted by molar-refractivity contribution is -0.128. The molecule has 0 saturated carbocycles. The molecule has 1 aliphatic heterocycles. The lowest BCUT2D eigenvalue weighted by atomic mass is 9.84. The Labute approximate surface area is 244 Å². The minimum absolute atomic E-state index is 0.0641. The highest BCUT2D eigenvalue weighted by Gasteiger charge is 2.52. The molecule has 4 rings (SSSR count). The lowest BCUT2D eigenvalue weighted by Gasteiger charge is -2.30. The van der Waals surface area contributed by atoms with Crippen LogP contribution in [-0.2, 0) is 16.0 Å². The first-order valence-electron chi connectivity index (χ1n) is 13.0. The van der Waals surface area contributed by atoms with Crippen LogP contribution in [-0.4, -0.2) is 49.3 Å². The Balaban J connectivity index is 1.63. The molecule has 1 amide bonds. The number of aliphatic hydroxyl groups is 1. The summed E-state index contributed by atoms with van der Waals surface area (Å²) in [5.41, 5.74) is 1.03. The Bertz CT molecular complexity index is 1360. The molecule has 0 unspecified atom stereocenters. The summed E-state index contributed by atoms with van der Waals surface area (Å²) in [6.07, 6.45) is 2.26. The zero-order valence-electron chi connectivity index (χ0n) is 22.2. The van der Waals surface area contributed by atoms with Gasteiger partial charge in [0, 0.05) is 41.6 Å². The second-order valence-electron chi connectivity index (χ2n) is 9.30. The molecule has 3 aromatic carbocycles. The molecule has 7 nitrogen and oxygen atoms in total. The maximum atomic E-state index is 13.9. The third kappa shape index (κ3) is 6.78. The van der Waals surface area contributed by atoms with E-state index in [1.807, 2.05) is 54.6 Å². The van der Waals surface area contributed by atoms with Crippen LogP contribution < -0.4 is 14.8 Å². The summed E-state index contributed by atoms with van der Waals surface area (Å²) in [6.45, 7) is 4.73. The fraction of sp³-hybridized carbons (Fsp3) is 0.290. The van der Waals surface area contributed by atoms with Crippen molar-refractivity contribution in [2.45, 2.75) is 30.9 Å². The summed E-state index contributed by atoms with van der Waals surface area (Å²) >= 11 is 12.4. The van der Waals surface area contributed by atoms with Crippen LogP contribution in [0.2, 0.25) is 10.0 Å². The Morgan fingerprint density at radius 2 is 1.95 bits per heavy atom. The van der Waals surface area contributed by atoms with Crippen LogP contribution in [0, 0.1) is 0 Å². The molecule has 1 heterocycles. The van der Waals surface area contributed by atoms with E-state index in [1.165, 1.54) is 0 Å². The van der Waals surface area contributed by atoms with Crippen molar-refractivity contribution in [1.82, 2.24) is 5.32 Å². The number of hydrogen-bond donors (Lipinski definition) is 2. The molecule has 210 valence electrons. The summed E-state index contributed by atoms with van der Waals surface area (Å²) in [5, 5.41) is 13.1. The highest BCUT2D eigenvalue weighted by Crippen LogP contribution is 2.43. The molecular formula is C31H32Cl2N2O5. The first-order chi connectivity index (χ1) is 19.4. The van der Waals surface area contributed by atoms with Gasteiger partial charge >= 0.3 is 0 Å². The Kier molecular flexibility index (Phi) is 10.1. The number of nitrogens with zero attached hydrogens (tertiary/aromatic N) is 1. The van der Waals surface area contributed by atoms with E-state index in [0.717, 1.165) is 11.1 Å². The molecule has 0 saturated heterocycles. The molecule has 2 atom stereocenters. The number of benzene rings is 3. The van der Waals surface area contributed by atoms with Crippen LogP contribution in [0.25, 0.3) is 0 Å². The predicted molar refractivity (Wildman–Crippen MR) is 158 cm³/mol. The van der Waals surface area contributed by atoms with Crippen LogP contribution in [0.3, 0.4) is 0 Å². The third-order valence-corrected chi connectivity index (χ3v) is 7.16. The van der Waals surface area contributed by atoms with E-state index in [-0.39, 0.29) is 18.9 Å². The Morgan fingerprint density at radius 3 is 2.65 bits per heavy atom. The average Bonchev–Trinajstić information content (AvgIpc) is 3.35. The SMILES string of the molecule is C=CC[C@@]1(C(=O)NCCc2ccc(Cl)cc2Cl)N=C(c2ccc(OCCCO)cc2)O[C@@H]1c1cccc(OC)c1. The molecule has 0 aliphatic carbocycles. The second-order valence-corrected chi connectivity index (χ2v) is 10.1. The molecule has 0 aromatic heterocycles. The first kappa shape index (κ1) is 29.5. The average molecular weight is 584 g/mol. The van der Waals surface area contributed by atoms with Crippen molar-refractivity contribution >= 4 is 35.0 Å². The number of hydrogen-bond acceptors (Lipinski definition) is 6. The summed E-state index contributed by atoms with van der Waals surface area (Å²) < 4.78 is 17.5. The highest BCUT2D eigenvalue weighted by molar-refractivity contribution is 6.35. The van der Waals surface area contributed by atoms with Crippen molar-refractivity contribution in [3.05, 3.63) is 106 Å². The van der Waals surface area contributed by atoms with Crippen molar-refractivity contribution in [2.75, 3.05) is 26.9 Å². The molecule has 0 radical (unpaired) electrons. The van der Waals surface area contributed by atoms with Crippen molar-refractivity contribution in [2.24, 2.45) is 4.99 Å². The molecular weight excluding hydrogens is 551 g/mol. The number of carbonyl (C=O) groups is 1. The molecule has 0 bridgehead atoms. The number of ether oxygens (including phenoxy) is 3. The molecule has 9 heteroatoms.